The summed E-state index contributed by atoms with van der Waals surface area (Å²) in [6.07, 6.45) is 12.6. The van der Waals surface area contributed by atoms with Crippen LogP contribution in [0.1, 0.15) is 152 Å². The number of aliphatic hydroxyl groups excluding tert-OH is 2. The van der Waals surface area contributed by atoms with Gasteiger partial charge in [0.1, 0.15) is 24.0 Å². The molecule has 0 bridgehead atoms. The van der Waals surface area contributed by atoms with Crippen molar-refractivity contribution in [3.05, 3.63) is 211 Å². The number of fused-ring (bicyclic) bond motifs is 3. The molecule has 3 amide bonds. The first kappa shape index (κ1) is 95.5. The van der Waals surface area contributed by atoms with Crippen molar-refractivity contribution in [3.8, 4) is 34.4 Å². The maximum atomic E-state index is 15.3. The van der Waals surface area contributed by atoms with E-state index in [4.69, 9.17) is 28.4 Å². The maximum Gasteiger partial charge on any atom is 1.00 e. The third-order valence-corrected chi connectivity index (χ3v) is 23.9. The molecular formula is C80H92F6N19NaO16P2. The van der Waals surface area contributed by atoms with Gasteiger partial charge in [0.05, 0.1) is 147 Å². The second-order valence-corrected chi connectivity index (χ2v) is 32.0. The van der Waals surface area contributed by atoms with Crippen molar-refractivity contribution in [2.45, 2.75) is 154 Å². The molecule has 8 atom stereocenters. The van der Waals surface area contributed by atoms with Crippen LogP contribution in [0.2, 0.25) is 0 Å². The number of ether oxygens (including phenoxy) is 3. The van der Waals surface area contributed by atoms with E-state index in [1.807, 2.05) is 55.1 Å². The first-order valence-electron chi connectivity index (χ1n) is 39.2. The summed E-state index contributed by atoms with van der Waals surface area (Å²) in [4.78, 5) is 78.5. The molecule has 44 heteroatoms. The summed E-state index contributed by atoms with van der Waals surface area (Å²) < 4.78 is 146. The number of aromatic nitrogens is 16. The number of benzene rings is 3. The van der Waals surface area contributed by atoms with Crippen LogP contribution in [0.15, 0.2) is 178 Å². The van der Waals surface area contributed by atoms with Crippen LogP contribution < -0.4 is 48.9 Å². The minimum atomic E-state index is -5.02. The van der Waals surface area contributed by atoms with E-state index in [1.54, 1.807) is 112 Å². The van der Waals surface area contributed by atoms with Gasteiger partial charge in [0, 0.05) is 42.9 Å². The Kier molecular flexibility index (Phi) is 33.7. The van der Waals surface area contributed by atoms with Crippen LogP contribution in [-0.4, -0.2) is 235 Å². The number of para-hydroxylation sites is 3. The number of halogens is 6. The molecule has 0 aliphatic carbocycles. The normalized spacial score (nSPS) is 17.8. The van der Waals surface area contributed by atoms with Crippen molar-refractivity contribution in [1.29, 1.82) is 0 Å². The molecule has 2 unspecified atom stereocenters. The molecule has 3 fully saturated rings. The van der Waals surface area contributed by atoms with E-state index in [-0.39, 0.29) is 133 Å². The van der Waals surface area contributed by atoms with Gasteiger partial charge in [0.15, 0.2) is 41.3 Å². The van der Waals surface area contributed by atoms with E-state index in [0.717, 1.165) is 38.9 Å². The standard InChI is InChI=1S/C27H32F2N7O6P.C24H24F2N6O3.C23H22N6O3.C5H11F2O3P.CH3O.Na/c1-4-40-43(39,41-5-2)27(28,29)23(37)22-16-31-24-25(30-14-15-34(22)24)42-19-11-10-18(3)35(17-19)26(38)20-8-6-7-9-21(20)36-32-12-13-33-36;1-15-8-9-16(35-20-7-4-12-30-19(13-27-23(20)30)21(33)22(25)26)14-31(15)24(34)17-5-2-3-6-18(17)32-28-10-11-29-32;1-16-8-9-18(32-21-7-4-12-27-17(15-30)13-24-22(21)27)14-28(16)23(31)19-5-2-3-6-20(19)29-25-10-11-26-29;1-3-9-11(8,5(6)7)10-4-2;1-2;/h6-9,12-16,18-19,23,37H,4-5,10-11,17H2,1-3H3;2-7,10-13,15-16,21-22,33H,8-9,14H2,1H3;2-7,10-13,15-16,18H,8-9,14H2,1H3;5H,3-4H2,1-2H3;1H3;/q;;;;-1;+1/t18-,19-,23?;15-,16-,21?;16-,18-;;;/m111.../s1. The summed E-state index contributed by atoms with van der Waals surface area (Å²) in [5.41, 5.74) is 0.00355. The van der Waals surface area contributed by atoms with Crippen LogP contribution in [0.25, 0.3) is 34.0 Å². The number of aldehydes is 1. The monoisotopic (exact) mass is 1770 g/mol. The fourth-order valence-electron chi connectivity index (χ4n) is 14.1. The van der Waals surface area contributed by atoms with Crippen molar-refractivity contribution in [2.24, 2.45) is 0 Å². The number of aliphatic hydroxyl groups is 2. The third kappa shape index (κ3) is 21.6. The minimum Gasteiger partial charge on any atom is -0.857 e. The quantitative estimate of drug-likeness (QED) is 0.0210. The van der Waals surface area contributed by atoms with Crippen LogP contribution in [0, 0.1) is 0 Å². The van der Waals surface area contributed by atoms with Gasteiger partial charge in [-0.1, -0.05) is 36.4 Å². The van der Waals surface area contributed by atoms with Gasteiger partial charge in [-0.3, -0.25) is 41.5 Å². The topological polar surface area (TPSA) is 397 Å². The smallest absolute Gasteiger partial charge is 0.857 e. The first-order chi connectivity index (χ1) is 59.3. The Balaban J connectivity index is 0.000000182. The molecule has 3 saturated heterocycles. The number of hydrogen-bond donors (Lipinski definition) is 2. The zero-order valence-electron chi connectivity index (χ0n) is 69.1. The molecule has 0 radical (unpaired) electrons. The number of rotatable bonds is 27. The van der Waals surface area contributed by atoms with Crippen molar-refractivity contribution in [3.63, 3.8) is 0 Å². The fourth-order valence-corrected chi connectivity index (χ4v) is 16.6. The van der Waals surface area contributed by atoms with E-state index in [9.17, 15) is 56.1 Å². The Bertz CT molecular complexity index is 5570. The summed E-state index contributed by atoms with van der Waals surface area (Å²) in [5.74, 6) is 0.555. The van der Waals surface area contributed by atoms with E-state index in [0.29, 0.717) is 94.6 Å². The fraction of sp³-hybridized carbons (Fsp3) is 0.400. The van der Waals surface area contributed by atoms with Crippen LogP contribution >= 0.6 is 15.2 Å². The summed E-state index contributed by atoms with van der Waals surface area (Å²) in [6, 6.07) is 28.5. The number of amides is 3. The predicted molar refractivity (Wildman–Crippen MR) is 430 cm³/mol. The molecule has 656 valence electrons. The number of nitrogens with zero attached hydrogens (tertiary/aromatic N) is 19. The van der Waals surface area contributed by atoms with Crippen LogP contribution in [0.3, 0.4) is 0 Å². The van der Waals surface area contributed by atoms with Gasteiger partial charge in [-0.15, -0.1) is 0 Å². The molecule has 12 heterocycles. The predicted octanol–water partition coefficient (Wildman–Crippen LogP) is 8.82. The summed E-state index contributed by atoms with van der Waals surface area (Å²) in [5, 5.41) is 53.7. The van der Waals surface area contributed by atoms with Gasteiger partial charge in [-0.05, 0) is 148 Å². The number of hydrogen-bond acceptors (Lipinski definition) is 26. The average Bonchev–Trinajstić information content (AvgIpc) is 1.53. The number of pyridine rings is 2. The number of carbonyl (C=O) groups is 4. The number of piperidine rings is 3. The van der Waals surface area contributed by atoms with E-state index in [2.05, 4.69) is 66.5 Å². The van der Waals surface area contributed by atoms with Gasteiger partial charge in [0.2, 0.25) is 5.65 Å². The van der Waals surface area contributed by atoms with E-state index in [1.165, 1.54) is 88.1 Å². The number of alkyl halides is 6. The molecule has 0 saturated carbocycles. The maximum absolute atomic E-state index is 15.3. The molecule has 2 N–H and O–H groups in total. The van der Waals surface area contributed by atoms with Crippen LogP contribution in [0.4, 0.5) is 26.3 Å². The molecule has 9 aromatic heterocycles. The largest absolute Gasteiger partial charge is 1.00 e. The first-order valence-corrected chi connectivity index (χ1v) is 42.4. The molecule has 0 spiro atoms. The molecule has 124 heavy (non-hydrogen) atoms. The average molecular weight is 1770 g/mol. The van der Waals surface area contributed by atoms with Crippen LogP contribution in [-0.2, 0) is 27.2 Å². The summed E-state index contributed by atoms with van der Waals surface area (Å²) in [6.45, 7) is 12.1. The Morgan fingerprint density at radius 2 is 0.863 bits per heavy atom. The Labute approximate surface area is 729 Å². The summed E-state index contributed by atoms with van der Waals surface area (Å²) >= 11 is 0. The van der Waals surface area contributed by atoms with Crippen molar-refractivity contribution < 1.29 is 132 Å². The van der Waals surface area contributed by atoms with E-state index >= 15 is 8.78 Å². The molecule has 3 aliphatic rings. The Morgan fingerprint density at radius 3 is 1.27 bits per heavy atom. The SMILES string of the molecule is CCOP(=O)(OCC)C(F)(F)C(O)c1cnc2c(O[C@@H]3CC[C@@H](C)N(C(=O)c4ccccc4-n4nccn4)C3)nccn12.CCOP(=O)(OCC)C(F)F.C[C@@H]1CC[C@@H](Oc2cccn3c(C(O)C(F)F)cnc23)CN1C(=O)c1ccccc1-n1nccn1.C[C@@H]1CC[C@@H](Oc2cccn3c(C=O)cnc23)CN1C(=O)c1ccccc1-n1nccn1.C[O-].[Na+]. The van der Waals surface area contributed by atoms with Gasteiger partial charge in [-0.25, -0.2) is 28.7 Å². The molecule has 12 aromatic rings. The van der Waals surface area contributed by atoms with Gasteiger partial charge >= 0.3 is 56.6 Å². The number of imidazole rings is 3. The Hall–Kier alpha value is -10.7. The second kappa shape index (κ2) is 43.8. The Morgan fingerprint density at radius 1 is 0.492 bits per heavy atom. The molecule has 3 aliphatic heterocycles. The van der Waals surface area contributed by atoms with Gasteiger partial charge in [0.25, 0.3) is 30.0 Å². The van der Waals surface area contributed by atoms with Crippen LogP contribution in [0.5, 0.6) is 17.4 Å². The number of carbonyl (C=O) groups excluding carboxylic acids is 4. The van der Waals surface area contributed by atoms with Gasteiger partial charge < -0.3 is 62.3 Å². The third-order valence-electron chi connectivity index (χ3n) is 20.0. The van der Waals surface area contributed by atoms with Crippen molar-refractivity contribution in [2.75, 3.05) is 53.2 Å². The molecule has 35 nitrogen and oxygen atoms in total. The van der Waals surface area contributed by atoms with Crippen molar-refractivity contribution in [1.82, 2.24) is 92.8 Å². The molecule has 15 rings (SSSR count). The van der Waals surface area contributed by atoms with Gasteiger partial charge in [-0.2, -0.15) is 69.7 Å². The zero-order chi connectivity index (χ0) is 88.3. The summed E-state index contributed by atoms with van der Waals surface area (Å²) in [7, 11) is -8.40. The number of likely N-dealkylation sites (tertiary alicyclic amines) is 3. The van der Waals surface area contributed by atoms with Crippen molar-refractivity contribution >= 4 is 56.1 Å². The minimum absolute atomic E-state index is 0. The second-order valence-electron chi connectivity index (χ2n) is 27.9. The van der Waals surface area contributed by atoms with E-state index < -0.39 is 51.8 Å². The molecular weight excluding hydrogens is 1680 g/mol. The zero-order valence-corrected chi connectivity index (χ0v) is 72.8. The molecule has 3 aromatic carbocycles.